The topological polar surface area (TPSA) is 58.2 Å². The lowest BCUT2D eigenvalue weighted by molar-refractivity contribution is -0.122. The molecule has 4 heteroatoms. The van der Waals surface area contributed by atoms with E-state index in [4.69, 9.17) is 0 Å². The number of benzene rings is 2. The molecule has 108 valence electrons. The molecule has 2 N–H and O–H groups in total. The van der Waals surface area contributed by atoms with Crippen molar-refractivity contribution in [2.75, 3.05) is 7.05 Å². The molecule has 0 aromatic heterocycles. The Morgan fingerprint density at radius 3 is 2.10 bits per heavy atom. The van der Waals surface area contributed by atoms with Crippen LogP contribution in [0.5, 0.6) is 0 Å². The maximum absolute atomic E-state index is 12.2. The molecule has 2 aromatic carbocycles. The van der Waals surface area contributed by atoms with Crippen LogP contribution in [-0.2, 0) is 11.2 Å². The van der Waals surface area contributed by atoms with Crippen molar-refractivity contribution in [1.29, 1.82) is 0 Å². The van der Waals surface area contributed by atoms with Gasteiger partial charge < -0.3 is 10.6 Å². The Bertz CT molecular complexity index is 597. The Morgan fingerprint density at radius 1 is 0.952 bits per heavy atom. The van der Waals surface area contributed by atoms with Crippen LogP contribution in [0.3, 0.4) is 0 Å². The molecule has 21 heavy (non-hydrogen) atoms. The summed E-state index contributed by atoms with van der Waals surface area (Å²) >= 11 is 0. The van der Waals surface area contributed by atoms with Crippen LogP contribution < -0.4 is 10.6 Å². The molecule has 2 rings (SSSR count). The second kappa shape index (κ2) is 7.24. The first-order valence-electron chi connectivity index (χ1n) is 6.82. The van der Waals surface area contributed by atoms with Crippen LogP contribution in [0.4, 0.5) is 0 Å². The quantitative estimate of drug-likeness (QED) is 0.878. The summed E-state index contributed by atoms with van der Waals surface area (Å²) in [5.74, 6) is -0.455. The molecule has 0 unspecified atom stereocenters. The standard InChI is InChI=1S/C17H18N2O2/c1-18-17(21)15(12-13-8-4-2-5-9-13)19-16(20)14-10-6-3-7-11-14/h2-11,15H,12H2,1H3,(H,18,21)(H,19,20)/t15-/m1/s1. The molecule has 2 amide bonds. The lowest BCUT2D eigenvalue weighted by atomic mass is 10.0. The summed E-state index contributed by atoms with van der Waals surface area (Å²) in [6, 6.07) is 17.9. The number of hydrogen-bond acceptors (Lipinski definition) is 2. The van der Waals surface area contributed by atoms with Gasteiger partial charge in [0, 0.05) is 19.0 Å². The predicted octanol–water partition coefficient (Wildman–Crippen LogP) is 1.77. The largest absolute Gasteiger partial charge is 0.357 e. The van der Waals surface area contributed by atoms with E-state index in [-0.39, 0.29) is 11.8 Å². The molecule has 0 spiro atoms. The molecule has 0 bridgehead atoms. The number of rotatable bonds is 5. The Hall–Kier alpha value is -2.62. The highest BCUT2D eigenvalue weighted by atomic mass is 16.2. The summed E-state index contributed by atoms with van der Waals surface area (Å²) in [5.41, 5.74) is 1.54. The van der Waals surface area contributed by atoms with Crippen LogP contribution in [0, 0.1) is 0 Å². The minimum atomic E-state index is -0.592. The average molecular weight is 282 g/mol. The minimum absolute atomic E-state index is 0.205. The van der Waals surface area contributed by atoms with Crippen molar-refractivity contribution in [2.24, 2.45) is 0 Å². The fourth-order valence-corrected chi connectivity index (χ4v) is 2.06. The molecule has 0 aliphatic heterocycles. The molecule has 4 nitrogen and oxygen atoms in total. The highest BCUT2D eigenvalue weighted by Crippen LogP contribution is 2.05. The van der Waals surface area contributed by atoms with Crippen LogP contribution >= 0.6 is 0 Å². The lowest BCUT2D eigenvalue weighted by Gasteiger charge is -2.17. The fourth-order valence-electron chi connectivity index (χ4n) is 2.06. The average Bonchev–Trinajstić information content (AvgIpc) is 2.55. The van der Waals surface area contributed by atoms with Crippen molar-refractivity contribution in [3.63, 3.8) is 0 Å². The van der Waals surface area contributed by atoms with Crippen molar-refractivity contribution in [1.82, 2.24) is 10.6 Å². The number of hydrogen-bond donors (Lipinski definition) is 2. The van der Waals surface area contributed by atoms with Gasteiger partial charge in [0.2, 0.25) is 5.91 Å². The smallest absolute Gasteiger partial charge is 0.251 e. The van der Waals surface area contributed by atoms with Gasteiger partial charge in [-0.3, -0.25) is 9.59 Å². The molecular weight excluding hydrogens is 264 g/mol. The van der Waals surface area contributed by atoms with Crippen LogP contribution in [-0.4, -0.2) is 24.9 Å². The lowest BCUT2D eigenvalue weighted by Crippen LogP contribution is -2.47. The number of likely N-dealkylation sites (N-methyl/N-ethyl adjacent to an activating group) is 1. The summed E-state index contributed by atoms with van der Waals surface area (Å²) in [6.45, 7) is 0. The van der Waals surface area contributed by atoms with Gasteiger partial charge in [-0.2, -0.15) is 0 Å². The van der Waals surface area contributed by atoms with Gasteiger partial charge in [-0.15, -0.1) is 0 Å². The van der Waals surface area contributed by atoms with Crippen molar-refractivity contribution >= 4 is 11.8 Å². The summed E-state index contributed by atoms with van der Waals surface area (Å²) in [7, 11) is 1.56. The van der Waals surface area contributed by atoms with E-state index in [9.17, 15) is 9.59 Å². The zero-order chi connectivity index (χ0) is 15.1. The van der Waals surface area contributed by atoms with Gasteiger partial charge in [0.15, 0.2) is 0 Å². The van der Waals surface area contributed by atoms with Crippen molar-refractivity contribution in [2.45, 2.75) is 12.5 Å². The molecular formula is C17H18N2O2. The second-order valence-electron chi connectivity index (χ2n) is 4.70. The van der Waals surface area contributed by atoms with E-state index < -0.39 is 6.04 Å². The number of carbonyl (C=O) groups is 2. The molecule has 0 radical (unpaired) electrons. The predicted molar refractivity (Wildman–Crippen MR) is 81.9 cm³/mol. The highest BCUT2D eigenvalue weighted by Gasteiger charge is 2.20. The van der Waals surface area contributed by atoms with E-state index >= 15 is 0 Å². The first-order valence-corrected chi connectivity index (χ1v) is 6.82. The third-order valence-corrected chi connectivity index (χ3v) is 3.19. The summed E-state index contributed by atoms with van der Waals surface area (Å²) in [6.07, 6.45) is 0.457. The van der Waals surface area contributed by atoms with Crippen molar-refractivity contribution in [3.8, 4) is 0 Å². The maximum Gasteiger partial charge on any atom is 0.251 e. The van der Waals surface area contributed by atoms with Gasteiger partial charge in [0.25, 0.3) is 5.91 Å². The van der Waals surface area contributed by atoms with Crippen LogP contribution in [0.1, 0.15) is 15.9 Å². The fraction of sp³-hybridized carbons (Fsp3) is 0.176. The van der Waals surface area contributed by atoms with Gasteiger partial charge in [-0.05, 0) is 17.7 Å². The number of carbonyl (C=O) groups excluding carboxylic acids is 2. The van der Waals surface area contributed by atoms with E-state index in [1.807, 2.05) is 36.4 Å². The maximum atomic E-state index is 12.2. The SMILES string of the molecule is CNC(=O)[C@@H](Cc1ccccc1)NC(=O)c1ccccc1. The minimum Gasteiger partial charge on any atom is -0.357 e. The zero-order valence-corrected chi connectivity index (χ0v) is 11.9. The van der Waals surface area contributed by atoms with E-state index in [2.05, 4.69) is 10.6 Å². The van der Waals surface area contributed by atoms with Gasteiger partial charge in [-0.1, -0.05) is 48.5 Å². The molecule has 0 aliphatic rings. The molecule has 0 saturated carbocycles. The number of nitrogens with one attached hydrogen (secondary N) is 2. The first-order chi connectivity index (χ1) is 10.2. The van der Waals surface area contributed by atoms with Gasteiger partial charge >= 0.3 is 0 Å². The van der Waals surface area contributed by atoms with E-state index in [0.29, 0.717) is 12.0 Å². The number of amides is 2. The summed E-state index contributed by atoms with van der Waals surface area (Å²) in [4.78, 5) is 24.1. The third kappa shape index (κ3) is 4.18. The van der Waals surface area contributed by atoms with Crippen molar-refractivity contribution in [3.05, 3.63) is 71.8 Å². The van der Waals surface area contributed by atoms with Gasteiger partial charge in [-0.25, -0.2) is 0 Å². The Labute approximate surface area is 124 Å². The first kappa shape index (κ1) is 14.8. The Balaban J connectivity index is 2.10. The third-order valence-electron chi connectivity index (χ3n) is 3.19. The van der Waals surface area contributed by atoms with E-state index in [1.54, 1.807) is 31.3 Å². The normalized spacial score (nSPS) is 11.5. The molecule has 2 aromatic rings. The molecule has 0 saturated heterocycles. The molecule has 0 fully saturated rings. The van der Waals surface area contributed by atoms with E-state index in [0.717, 1.165) is 5.56 Å². The van der Waals surface area contributed by atoms with Crippen LogP contribution in [0.25, 0.3) is 0 Å². The van der Waals surface area contributed by atoms with E-state index in [1.165, 1.54) is 0 Å². The molecule has 0 aliphatic carbocycles. The summed E-state index contributed by atoms with van der Waals surface area (Å²) in [5, 5.41) is 5.37. The second-order valence-corrected chi connectivity index (χ2v) is 4.70. The summed E-state index contributed by atoms with van der Waals surface area (Å²) < 4.78 is 0. The monoisotopic (exact) mass is 282 g/mol. The van der Waals surface area contributed by atoms with Crippen molar-refractivity contribution < 1.29 is 9.59 Å². The van der Waals surface area contributed by atoms with Crippen LogP contribution in [0.15, 0.2) is 60.7 Å². The Kier molecular flexibility index (Phi) is 5.10. The molecule has 0 heterocycles. The van der Waals surface area contributed by atoms with Crippen LogP contribution in [0.2, 0.25) is 0 Å². The van der Waals surface area contributed by atoms with Gasteiger partial charge in [0.1, 0.15) is 6.04 Å². The Morgan fingerprint density at radius 2 is 1.52 bits per heavy atom. The zero-order valence-electron chi connectivity index (χ0n) is 11.9. The van der Waals surface area contributed by atoms with Gasteiger partial charge in [0.05, 0.1) is 0 Å². The molecule has 1 atom stereocenters. The highest BCUT2D eigenvalue weighted by molar-refractivity contribution is 5.97.